The van der Waals surface area contributed by atoms with Crippen LogP contribution in [0.1, 0.15) is 85.4 Å². The highest BCUT2D eigenvalue weighted by atomic mass is 32.1. The summed E-state index contributed by atoms with van der Waals surface area (Å²) in [6.45, 7) is 15.3. The molecule has 2 amide bonds. The number of para-hydroxylation sites is 1. The highest BCUT2D eigenvalue weighted by Crippen LogP contribution is 2.42. The number of hydrogen-bond acceptors (Lipinski definition) is 14. The number of phenols is 1. The molecule has 4 aromatic heterocycles. The Kier molecular flexibility index (Phi) is 12.8. The third kappa shape index (κ3) is 9.03. The predicted molar refractivity (Wildman–Crippen MR) is 248 cm³/mol. The number of amides is 2. The third-order valence-corrected chi connectivity index (χ3v) is 15.7. The Morgan fingerprint density at radius 3 is 2.48 bits per heavy atom. The first-order valence-electron chi connectivity index (χ1n) is 22.3. The Morgan fingerprint density at radius 1 is 1.00 bits per heavy atom. The lowest BCUT2D eigenvalue weighted by molar-refractivity contribution is -0.141. The Labute approximate surface area is 381 Å². The van der Waals surface area contributed by atoms with Crippen molar-refractivity contribution >= 4 is 44.7 Å². The van der Waals surface area contributed by atoms with Crippen molar-refractivity contribution in [2.24, 2.45) is 5.92 Å². The Morgan fingerprint density at radius 2 is 1.77 bits per heavy atom. The lowest BCUT2D eigenvalue weighted by Crippen LogP contribution is -2.54. The van der Waals surface area contributed by atoms with Crippen molar-refractivity contribution in [3.8, 4) is 33.3 Å². The van der Waals surface area contributed by atoms with E-state index < -0.39 is 18.1 Å². The van der Waals surface area contributed by atoms with Crippen LogP contribution in [-0.2, 0) is 9.59 Å². The lowest BCUT2D eigenvalue weighted by Gasteiger charge is -2.47. The van der Waals surface area contributed by atoms with Crippen LogP contribution in [0.25, 0.3) is 31.9 Å². The standard InChI is InChI=1S/C48H56N8O6S2/c1-27(2)43(48(60)56-25-35(57)20-39(56)46(59)50-29(4)31-10-12-32(13-11-31)45-30(5)49-26-63-45)41-22-42(53-62-41)61-19-18-54-16-14-34(15-17-54)55-23-33(24-55)44-28(3)37-21-38(51-52-47(37)64-44)36-8-6-7-9-40(36)58/h6-13,21-22,26-27,29,33-35,39,43,57-58H,14-20,23-25H2,1-5H3,(H,50,59)/t29-,35+,39-,43+/m0/s1. The third-order valence-electron chi connectivity index (χ3n) is 13.3. The van der Waals surface area contributed by atoms with Crippen LogP contribution in [0.3, 0.4) is 0 Å². The van der Waals surface area contributed by atoms with Crippen LogP contribution in [0.4, 0.5) is 0 Å². The van der Waals surface area contributed by atoms with Gasteiger partial charge in [-0.1, -0.05) is 50.2 Å². The molecular weight excluding hydrogens is 849 g/mol. The van der Waals surface area contributed by atoms with Crippen molar-refractivity contribution in [2.75, 3.05) is 45.9 Å². The number of aromatic hydroxyl groups is 1. The van der Waals surface area contributed by atoms with Crippen molar-refractivity contribution in [1.82, 2.24) is 40.4 Å². The van der Waals surface area contributed by atoms with Gasteiger partial charge in [0.1, 0.15) is 29.1 Å². The van der Waals surface area contributed by atoms with E-state index in [-0.39, 0.29) is 42.5 Å². The van der Waals surface area contributed by atoms with Gasteiger partial charge in [0.05, 0.1) is 33.9 Å². The number of piperidine rings is 1. The van der Waals surface area contributed by atoms with Crippen molar-refractivity contribution in [2.45, 2.75) is 89.9 Å². The van der Waals surface area contributed by atoms with E-state index in [4.69, 9.17) is 9.26 Å². The van der Waals surface area contributed by atoms with Gasteiger partial charge in [0.15, 0.2) is 5.76 Å². The zero-order chi connectivity index (χ0) is 44.6. The second-order valence-corrected chi connectivity index (χ2v) is 19.8. The molecular formula is C48H56N8O6S2. The Hall–Kier alpha value is -5.26. The van der Waals surface area contributed by atoms with E-state index in [9.17, 15) is 19.8 Å². The zero-order valence-electron chi connectivity index (χ0n) is 36.9. The molecule has 64 heavy (non-hydrogen) atoms. The van der Waals surface area contributed by atoms with Crippen LogP contribution in [0.2, 0.25) is 0 Å². The summed E-state index contributed by atoms with van der Waals surface area (Å²) in [6, 6.07) is 18.5. The second kappa shape index (κ2) is 18.7. The SMILES string of the molecule is Cc1ncsc1-c1ccc([C@H](C)NC(=O)[C@@H]2C[C@@H](O)CN2C(=O)[C@@H](c2cc(OCCN3CCC(N4CC(c5sc6nnc(-c7ccccc7O)cc6c5C)C4)CC3)no2)C(C)C)cc1. The number of thiophene rings is 1. The number of carbonyl (C=O) groups is 2. The maximum atomic E-state index is 14.2. The number of carbonyl (C=O) groups excluding carboxylic acids is 2. The van der Waals surface area contributed by atoms with Gasteiger partial charge in [-0.2, -0.15) is 0 Å². The van der Waals surface area contributed by atoms with E-state index in [2.05, 4.69) is 48.4 Å². The summed E-state index contributed by atoms with van der Waals surface area (Å²) in [5, 5.41) is 38.4. The van der Waals surface area contributed by atoms with Crippen molar-refractivity contribution in [3.05, 3.63) is 93.6 Å². The first kappa shape index (κ1) is 44.0. The Balaban J connectivity index is 0.736. The quantitative estimate of drug-likeness (QED) is 0.0998. The molecule has 336 valence electrons. The number of nitrogens with one attached hydrogen (secondary N) is 1. The number of phenolic OH excluding ortho intramolecular Hbond substituents is 1. The topological polar surface area (TPSA) is 170 Å². The molecule has 0 aliphatic carbocycles. The van der Waals surface area contributed by atoms with Gasteiger partial charge in [0, 0.05) is 66.5 Å². The minimum atomic E-state index is -0.816. The number of benzene rings is 2. The molecule has 0 saturated carbocycles. The summed E-state index contributed by atoms with van der Waals surface area (Å²) in [7, 11) is 0. The molecule has 0 spiro atoms. The highest BCUT2D eigenvalue weighted by molar-refractivity contribution is 7.19. The number of hydrogen-bond donors (Lipinski definition) is 3. The fraction of sp³-hybridized carbons (Fsp3) is 0.458. The fourth-order valence-corrected chi connectivity index (χ4v) is 11.6. The summed E-state index contributed by atoms with van der Waals surface area (Å²) >= 11 is 3.34. The van der Waals surface area contributed by atoms with E-state index in [1.54, 1.807) is 34.8 Å². The van der Waals surface area contributed by atoms with Crippen LogP contribution in [0, 0.1) is 19.8 Å². The molecule has 9 rings (SSSR count). The lowest BCUT2D eigenvalue weighted by atomic mass is 9.90. The number of thiazole rings is 1. The molecule has 14 nitrogen and oxygen atoms in total. The van der Waals surface area contributed by atoms with E-state index in [0.29, 0.717) is 41.5 Å². The molecule has 3 aliphatic rings. The number of nitrogens with zero attached hydrogens (tertiary/aromatic N) is 7. The molecule has 16 heteroatoms. The maximum Gasteiger partial charge on any atom is 0.254 e. The van der Waals surface area contributed by atoms with Crippen molar-refractivity contribution < 1.29 is 29.1 Å². The average Bonchev–Trinajstić information content (AvgIpc) is 4.08. The number of rotatable bonds is 14. The van der Waals surface area contributed by atoms with Crippen LogP contribution in [-0.4, -0.2) is 121 Å². The van der Waals surface area contributed by atoms with Gasteiger partial charge >= 0.3 is 0 Å². The fourth-order valence-electron chi connectivity index (χ4n) is 9.62. The maximum absolute atomic E-state index is 14.2. The number of ether oxygens (including phenoxy) is 1. The van der Waals surface area contributed by atoms with E-state index in [0.717, 1.165) is 77.5 Å². The molecule has 0 radical (unpaired) electrons. The summed E-state index contributed by atoms with van der Waals surface area (Å²) in [5.74, 6) is -0.0498. The minimum absolute atomic E-state index is 0.0643. The normalized spacial score (nSPS) is 19.9. The van der Waals surface area contributed by atoms with Gasteiger partial charge in [0.25, 0.3) is 5.88 Å². The highest BCUT2D eigenvalue weighted by Gasteiger charge is 2.44. The van der Waals surface area contributed by atoms with Gasteiger partial charge in [-0.3, -0.25) is 19.4 Å². The number of aryl methyl sites for hydroxylation is 2. The largest absolute Gasteiger partial charge is 0.507 e. The smallest absolute Gasteiger partial charge is 0.254 e. The number of aromatic nitrogens is 4. The van der Waals surface area contributed by atoms with Crippen molar-refractivity contribution in [1.29, 1.82) is 0 Å². The van der Waals surface area contributed by atoms with Gasteiger partial charge < -0.3 is 29.7 Å². The number of aliphatic hydroxyl groups is 1. The molecule has 0 bridgehead atoms. The Bertz CT molecular complexity index is 2600. The van der Waals surface area contributed by atoms with E-state index >= 15 is 0 Å². The molecule has 3 N–H and O–H groups in total. The molecule has 2 aromatic carbocycles. The molecule has 3 aliphatic heterocycles. The van der Waals surface area contributed by atoms with Gasteiger partial charge in [0.2, 0.25) is 11.8 Å². The monoisotopic (exact) mass is 904 g/mol. The first-order chi connectivity index (χ1) is 30.9. The molecule has 0 unspecified atom stereocenters. The summed E-state index contributed by atoms with van der Waals surface area (Å²) in [4.78, 5) is 42.2. The van der Waals surface area contributed by atoms with Gasteiger partial charge in [-0.25, -0.2) is 4.98 Å². The molecule has 6 aromatic rings. The molecule has 3 fully saturated rings. The van der Waals surface area contributed by atoms with E-state index in [1.165, 1.54) is 15.3 Å². The summed E-state index contributed by atoms with van der Waals surface area (Å²) in [6.07, 6.45) is 1.55. The number of β-amino-alcohol motifs (C(OH)–C–C–N with tert-alkyl or cyclic N) is 1. The average molecular weight is 905 g/mol. The van der Waals surface area contributed by atoms with E-state index in [1.807, 2.05) is 75.7 Å². The summed E-state index contributed by atoms with van der Waals surface area (Å²) < 4.78 is 11.8. The van der Waals surface area contributed by atoms with Crippen LogP contribution in [0.15, 0.2) is 70.7 Å². The van der Waals surface area contributed by atoms with Gasteiger partial charge in [-0.05, 0) is 92.7 Å². The molecule has 7 heterocycles. The van der Waals surface area contributed by atoms with Crippen LogP contribution in [0.5, 0.6) is 11.6 Å². The second-order valence-electron chi connectivity index (χ2n) is 17.9. The predicted octanol–water partition coefficient (Wildman–Crippen LogP) is 7.31. The van der Waals surface area contributed by atoms with Crippen LogP contribution >= 0.6 is 22.7 Å². The molecule has 4 atom stereocenters. The number of fused-ring (bicyclic) bond motifs is 1. The number of aliphatic hydroxyl groups excluding tert-OH is 1. The number of likely N-dealkylation sites (tertiary alicyclic amines) is 3. The van der Waals surface area contributed by atoms with Gasteiger partial charge in [-0.15, -0.1) is 32.9 Å². The zero-order valence-corrected chi connectivity index (χ0v) is 38.6. The van der Waals surface area contributed by atoms with Crippen molar-refractivity contribution in [3.63, 3.8) is 0 Å². The minimum Gasteiger partial charge on any atom is -0.507 e. The summed E-state index contributed by atoms with van der Waals surface area (Å²) in [5.41, 5.74) is 7.48. The van der Waals surface area contributed by atoms with Crippen LogP contribution < -0.4 is 10.1 Å². The first-order valence-corrected chi connectivity index (χ1v) is 24.0. The molecule has 3 saturated heterocycles.